The van der Waals surface area contributed by atoms with Gasteiger partial charge >= 0.3 is 6.09 Å². The first kappa shape index (κ1) is 37.3. The number of aromatic nitrogens is 4. The smallest absolute Gasteiger partial charge is 0.407 e. The molecule has 12 nitrogen and oxygen atoms in total. The van der Waals surface area contributed by atoms with E-state index in [-0.39, 0.29) is 23.9 Å². The molecular weight excluding hydrogens is 681 g/mol. The van der Waals surface area contributed by atoms with E-state index in [0.29, 0.717) is 18.5 Å². The van der Waals surface area contributed by atoms with E-state index in [0.717, 1.165) is 116 Å². The molecule has 1 saturated carbocycles. The largest absolute Gasteiger partial charge is 0.453 e. The maximum Gasteiger partial charge on any atom is 0.407 e. The van der Waals surface area contributed by atoms with Gasteiger partial charge in [-0.1, -0.05) is 62.4 Å². The summed E-state index contributed by atoms with van der Waals surface area (Å²) in [5.41, 5.74) is 6.10. The molecule has 4 aromatic rings. The third kappa shape index (κ3) is 7.80. The van der Waals surface area contributed by atoms with E-state index in [1.54, 1.807) is 11.8 Å². The summed E-state index contributed by atoms with van der Waals surface area (Å²) in [6.07, 6.45) is 10.9. The van der Waals surface area contributed by atoms with Crippen molar-refractivity contribution in [3.8, 4) is 33.6 Å². The molecule has 54 heavy (non-hydrogen) atoms. The van der Waals surface area contributed by atoms with Crippen LogP contribution in [0.3, 0.4) is 0 Å². The average Bonchev–Trinajstić information content (AvgIpc) is 4.05. The quantitative estimate of drug-likeness (QED) is 0.149. The number of rotatable bonds is 11. The second-order valence-electron chi connectivity index (χ2n) is 15.0. The Labute approximate surface area is 318 Å². The Morgan fingerprint density at radius 3 is 1.74 bits per heavy atom. The summed E-state index contributed by atoms with van der Waals surface area (Å²) >= 11 is 0. The van der Waals surface area contributed by atoms with Crippen molar-refractivity contribution >= 4 is 17.9 Å². The van der Waals surface area contributed by atoms with E-state index in [9.17, 15) is 14.4 Å². The molecule has 3 amide bonds. The minimum atomic E-state index is -0.691. The fourth-order valence-electron chi connectivity index (χ4n) is 8.83. The topological polar surface area (TPSA) is 140 Å². The van der Waals surface area contributed by atoms with Crippen LogP contribution in [0.2, 0.25) is 0 Å². The Bertz CT molecular complexity index is 1890. The van der Waals surface area contributed by atoms with E-state index in [2.05, 4.69) is 97.2 Å². The third-order valence-corrected chi connectivity index (χ3v) is 11.9. The lowest BCUT2D eigenvalue weighted by molar-refractivity contribution is -0.138. The zero-order valence-electron chi connectivity index (χ0n) is 32.0. The minimum Gasteiger partial charge on any atom is -0.453 e. The number of aromatic amines is 2. The standard InChI is InChI=1S/C42H54N8O4/c1-5-48(6-2)33-21-19-32(20-22-33)41(52)50-24-8-10-37(50)39-44-26-35(47-39)31-17-13-29(14-18-31)28-11-15-30(16-12-28)34-25-43-38(46-34)36-9-7-23-49(36)40(51)27(3)45-42(53)54-4/h11-18,25-27,32-33,36-37H,5-10,19-24H2,1-4H3,(H,43,46)(H,44,47)(H,45,53)/t27-,32?,33?,36-,37-/m0/s1. The number of likely N-dealkylation sites (tertiary alicyclic amines) is 2. The number of nitrogens with one attached hydrogen (secondary N) is 3. The maximum atomic E-state index is 13.7. The van der Waals surface area contributed by atoms with E-state index < -0.39 is 12.1 Å². The van der Waals surface area contributed by atoms with Crippen LogP contribution in [-0.2, 0) is 14.3 Å². The molecule has 0 spiro atoms. The van der Waals surface area contributed by atoms with Crippen LogP contribution in [0.15, 0.2) is 60.9 Å². The van der Waals surface area contributed by atoms with Gasteiger partial charge in [-0.15, -0.1) is 0 Å². The zero-order valence-corrected chi connectivity index (χ0v) is 32.0. The molecule has 2 aromatic carbocycles. The summed E-state index contributed by atoms with van der Waals surface area (Å²) < 4.78 is 4.66. The van der Waals surface area contributed by atoms with Gasteiger partial charge in [0.15, 0.2) is 0 Å². The number of nitrogens with zero attached hydrogens (tertiary/aromatic N) is 5. The van der Waals surface area contributed by atoms with E-state index in [1.807, 2.05) is 12.4 Å². The van der Waals surface area contributed by atoms with Gasteiger partial charge in [-0.2, -0.15) is 0 Å². The summed E-state index contributed by atoms with van der Waals surface area (Å²) in [6.45, 7) is 9.70. The molecule has 3 atom stereocenters. The van der Waals surface area contributed by atoms with Crippen LogP contribution in [0.4, 0.5) is 4.79 Å². The molecule has 3 N–H and O–H groups in total. The number of benzene rings is 2. The Balaban J connectivity index is 0.964. The van der Waals surface area contributed by atoms with Gasteiger partial charge in [-0.05, 0) is 93.6 Å². The predicted molar refractivity (Wildman–Crippen MR) is 208 cm³/mol. The van der Waals surface area contributed by atoms with E-state index in [1.165, 1.54) is 7.11 Å². The number of hydrogen-bond donors (Lipinski definition) is 3. The van der Waals surface area contributed by atoms with Crippen molar-refractivity contribution in [1.82, 2.24) is 40.0 Å². The first-order chi connectivity index (χ1) is 26.3. The van der Waals surface area contributed by atoms with Gasteiger partial charge in [0.1, 0.15) is 17.7 Å². The zero-order chi connectivity index (χ0) is 37.8. The number of H-pyrrole nitrogens is 2. The van der Waals surface area contributed by atoms with Gasteiger partial charge in [0.2, 0.25) is 11.8 Å². The Morgan fingerprint density at radius 2 is 1.24 bits per heavy atom. The lowest BCUT2D eigenvalue weighted by atomic mass is 9.84. The molecular formula is C42H54N8O4. The highest BCUT2D eigenvalue weighted by atomic mass is 16.5. The highest BCUT2D eigenvalue weighted by molar-refractivity contribution is 5.86. The minimum absolute atomic E-state index is 0.00844. The molecule has 2 saturated heterocycles. The van der Waals surface area contributed by atoms with Crippen molar-refractivity contribution in [2.75, 3.05) is 33.3 Å². The second-order valence-corrected chi connectivity index (χ2v) is 15.0. The van der Waals surface area contributed by atoms with Gasteiger partial charge in [0.25, 0.3) is 0 Å². The number of hydrogen-bond acceptors (Lipinski definition) is 7. The molecule has 7 rings (SSSR count). The number of ether oxygens (including phenoxy) is 1. The number of carbonyl (C=O) groups is 3. The Kier molecular flexibility index (Phi) is 11.5. The van der Waals surface area contributed by atoms with Crippen molar-refractivity contribution in [1.29, 1.82) is 0 Å². The lowest BCUT2D eigenvalue weighted by Gasteiger charge is -2.37. The van der Waals surface area contributed by atoms with Gasteiger partial charge in [-0.3, -0.25) is 9.59 Å². The molecule has 2 aromatic heterocycles. The lowest BCUT2D eigenvalue weighted by Crippen LogP contribution is -2.46. The molecule has 2 aliphatic heterocycles. The van der Waals surface area contributed by atoms with Gasteiger partial charge in [0, 0.05) is 25.0 Å². The normalized spacial score (nSPS) is 22.1. The van der Waals surface area contributed by atoms with Crippen molar-refractivity contribution < 1.29 is 19.1 Å². The molecule has 1 aliphatic carbocycles. The first-order valence-electron chi connectivity index (χ1n) is 19.8. The van der Waals surface area contributed by atoms with Crippen LogP contribution in [0, 0.1) is 5.92 Å². The van der Waals surface area contributed by atoms with Gasteiger partial charge in [0.05, 0.1) is 43.0 Å². The molecule has 12 heteroatoms. The molecule has 286 valence electrons. The van der Waals surface area contributed by atoms with Crippen molar-refractivity contribution in [3.05, 3.63) is 72.6 Å². The number of carbonyl (C=O) groups excluding carboxylic acids is 3. The van der Waals surface area contributed by atoms with Gasteiger partial charge in [-0.25, -0.2) is 14.8 Å². The summed E-state index contributed by atoms with van der Waals surface area (Å²) in [7, 11) is 1.28. The van der Waals surface area contributed by atoms with Crippen LogP contribution < -0.4 is 5.32 Å². The first-order valence-corrected chi connectivity index (χ1v) is 19.8. The highest BCUT2D eigenvalue weighted by Crippen LogP contribution is 2.37. The summed E-state index contributed by atoms with van der Waals surface area (Å²) in [6, 6.07) is 16.6. The summed E-state index contributed by atoms with van der Waals surface area (Å²) in [5, 5.41) is 2.57. The van der Waals surface area contributed by atoms with E-state index >= 15 is 0 Å². The van der Waals surface area contributed by atoms with Crippen LogP contribution in [0.1, 0.15) is 95.9 Å². The Morgan fingerprint density at radius 1 is 0.759 bits per heavy atom. The average molecular weight is 735 g/mol. The van der Waals surface area contributed by atoms with Crippen LogP contribution in [-0.4, -0.2) is 97.9 Å². The highest BCUT2D eigenvalue weighted by Gasteiger charge is 2.38. The molecule has 0 radical (unpaired) electrons. The number of amides is 3. The predicted octanol–water partition coefficient (Wildman–Crippen LogP) is 7.11. The number of alkyl carbamates (subject to hydrolysis) is 1. The van der Waals surface area contributed by atoms with Crippen molar-refractivity contribution in [3.63, 3.8) is 0 Å². The van der Waals surface area contributed by atoms with Crippen LogP contribution in [0.5, 0.6) is 0 Å². The van der Waals surface area contributed by atoms with Gasteiger partial charge < -0.3 is 34.7 Å². The maximum absolute atomic E-state index is 13.7. The molecule has 4 heterocycles. The van der Waals surface area contributed by atoms with Crippen molar-refractivity contribution in [2.24, 2.45) is 5.92 Å². The Hall–Kier alpha value is -4.97. The molecule has 0 unspecified atom stereocenters. The monoisotopic (exact) mass is 734 g/mol. The fraction of sp³-hybridized carbons (Fsp3) is 0.500. The van der Waals surface area contributed by atoms with E-state index in [4.69, 9.17) is 4.98 Å². The molecule has 0 bridgehead atoms. The molecule has 3 aliphatic rings. The van der Waals surface area contributed by atoms with Crippen LogP contribution >= 0.6 is 0 Å². The molecule has 3 fully saturated rings. The third-order valence-electron chi connectivity index (χ3n) is 11.9. The fourth-order valence-corrected chi connectivity index (χ4v) is 8.83. The summed E-state index contributed by atoms with van der Waals surface area (Å²) in [5.74, 6) is 1.90. The second kappa shape index (κ2) is 16.6. The summed E-state index contributed by atoms with van der Waals surface area (Å²) in [4.78, 5) is 61.3. The number of imidazole rings is 2. The SMILES string of the molecule is CCN(CC)C1CCC(C(=O)N2CCC[C@H]2c2ncc(-c3ccc(-c4ccc(-c5cnc([C@@H]6CCCN6C(=O)[C@H](C)NC(=O)OC)[nH]5)cc4)cc3)[nH]2)CC1. The number of methoxy groups -OCH3 is 1. The van der Waals surface area contributed by atoms with Crippen molar-refractivity contribution in [2.45, 2.75) is 96.3 Å². The van der Waals surface area contributed by atoms with Crippen LogP contribution in [0.25, 0.3) is 33.6 Å².